The number of benzene rings is 1. The summed E-state index contributed by atoms with van der Waals surface area (Å²) < 4.78 is 5.11. The summed E-state index contributed by atoms with van der Waals surface area (Å²) in [5.41, 5.74) is 6.37. The predicted molar refractivity (Wildman–Crippen MR) is 55.6 cm³/mol. The standard InChI is InChI=1S/C11H13NO3/c12-11(6-10(14)7-13)15-8-9-4-2-1-3-5-9/h1-6,13H,7-8,12H2. The molecular weight excluding hydrogens is 194 g/mol. The quantitative estimate of drug-likeness (QED) is 0.546. The van der Waals surface area contributed by atoms with Gasteiger partial charge in [-0.15, -0.1) is 0 Å². The van der Waals surface area contributed by atoms with Gasteiger partial charge in [0.05, 0.1) is 0 Å². The first-order valence-corrected chi connectivity index (χ1v) is 4.50. The Morgan fingerprint density at radius 1 is 1.40 bits per heavy atom. The number of aliphatic hydroxyl groups is 1. The third kappa shape index (κ3) is 4.28. The molecule has 0 bridgehead atoms. The summed E-state index contributed by atoms with van der Waals surface area (Å²) in [7, 11) is 0. The van der Waals surface area contributed by atoms with Crippen molar-refractivity contribution in [2.45, 2.75) is 6.61 Å². The maximum Gasteiger partial charge on any atom is 0.188 e. The van der Waals surface area contributed by atoms with E-state index >= 15 is 0 Å². The van der Waals surface area contributed by atoms with Crippen molar-refractivity contribution in [1.82, 2.24) is 0 Å². The van der Waals surface area contributed by atoms with Gasteiger partial charge < -0.3 is 15.6 Å². The van der Waals surface area contributed by atoms with Gasteiger partial charge >= 0.3 is 0 Å². The molecule has 0 aliphatic heterocycles. The van der Waals surface area contributed by atoms with Crippen molar-refractivity contribution in [3.05, 3.63) is 47.9 Å². The molecule has 0 aliphatic carbocycles. The smallest absolute Gasteiger partial charge is 0.188 e. The van der Waals surface area contributed by atoms with E-state index in [4.69, 9.17) is 15.6 Å². The highest BCUT2D eigenvalue weighted by Gasteiger charge is 1.98. The van der Waals surface area contributed by atoms with Crippen molar-refractivity contribution >= 4 is 5.78 Å². The van der Waals surface area contributed by atoms with Gasteiger partial charge in [-0.25, -0.2) is 0 Å². The van der Waals surface area contributed by atoms with Crippen LogP contribution >= 0.6 is 0 Å². The number of hydrogen-bond donors (Lipinski definition) is 2. The highest BCUT2D eigenvalue weighted by atomic mass is 16.5. The average molecular weight is 207 g/mol. The Balaban J connectivity index is 2.44. The molecule has 0 atom stereocenters. The molecule has 0 radical (unpaired) electrons. The fraction of sp³-hybridized carbons (Fsp3) is 0.182. The molecule has 0 aromatic heterocycles. The molecule has 3 N–H and O–H groups in total. The van der Waals surface area contributed by atoms with E-state index < -0.39 is 12.4 Å². The summed E-state index contributed by atoms with van der Waals surface area (Å²) in [4.78, 5) is 10.7. The lowest BCUT2D eigenvalue weighted by molar-refractivity contribution is -0.117. The zero-order chi connectivity index (χ0) is 11.1. The van der Waals surface area contributed by atoms with Crippen LogP contribution in [0.15, 0.2) is 42.3 Å². The normalized spacial score (nSPS) is 11.1. The van der Waals surface area contributed by atoms with Gasteiger partial charge in [-0.2, -0.15) is 0 Å². The monoisotopic (exact) mass is 207 g/mol. The molecule has 0 saturated heterocycles. The van der Waals surface area contributed by atoms with Crippen LogP contribution in [0.3, 0.4) is 0 Å². The molecule has 4 nitrogen and oxygen atoms in total. The maximum atomic E-state index is 10.7. The second kappa shape index (κ2) is 5.82. The maximum absolute atomic E-state index is 10.7. The lowest BCUT2D eigenvalue weighted by atomic mass is 10.2. The van der Waals surface area contributed by atoms with Crippen LogP contribution in [-0.4, -0.2) is 17.5 Å². The van der Waals surface area contributed by atoms with Crippen LogP contribution in [0.25, 0.3) is 0 Å². The van der Waals surface area contributed by atoms with Gasteiger partial charge in [-0.3, -0.25) is 4.79 Å². The number of rotatable bonds is 5. The summed E-state index contributed by atoms with van der Waals surface area (Å²) in [6, 6.07) is 9.45. The van der Waals surface area contributed by atoms with Crippen molar-refractivity contribution in [3.8, 4) is 0 Å². The van der Waals surface area contributed by atoms with Crippen molar-refractivity contribution < 1.29 is 14.6 Å². The molecule has 1 aromatic carbocycles. The third-order valence-electron chi connectivity index (χ3n) is 1.71. The largest absolute Gasteiger partial charge is 0.474 e. The first-order valence-electron chi connectivity index (χ1n) is 4.50. The van der Waals surface area contributed by atoms with Crippen LogP contribution in [0.1, 0.15) is 5.56 Å². The zero-order valence-electron chi connectivity index (χ0n) is 8.22. The van der Waals surface area contributed by atoms with Gasteiger partial charge in [0.15, 0.2) is 11.7 Å². The van der Waals surface area contributed by atoms with Gasteiger partial charge in [0.2, 0.25) is 0 Å². The highest BCUT2D eigenvalue weighted by Crippen LogP contribution is 2.02. The van der Waals surface area contributed by atoms with E-state index in [9.17, 15) is 4.79 Å². The van der Waals surface area contributed by atoms with E-state index in [1.165, 1.54) is 0 Å². The zero-order valence-corrected chi connectivity index (χ0v) is 8.22. The molecule has 4 heteroatoms. The number of ether oxygens (including phenoxy) is 1. The van der Waals surface area contributed by atoms with Gasteiger partial charge in [-0.1, -0.05) is 30.3 Å². The van der Waals surface area contributed by atoms with Crippen molar-refractivity contribution in [3.63, 3.8) is 0 Å². The first-order chi connectivity index (χ1) is 7.22. The van der Waals surface area contributed by atoms with E-state index in [1.54, 1.807) is 0 Å². The Labute approximate surface area is 88.0 Å². The molecule has 0 fully saturated rings. The first kappa shape index (κ1) is 11.3. The molecule has 0 unspecified atom stereocenters. The molecular formula is C11H13NO3. The van der Waals surface area contributed by atoms with Crippen LogP contribution in [0, 0.1) is 0 Å². The topological polar surface area (TPSA) is 72.6 Å². The fourth-order valence-corrected chi connectivity index (χ4v) is 0.987. The second-order valence-corrected chi connectivity index (χ2v) is 2.95. The molecule has 0 heterocycles. The summed E-state index contributed by atoms with van der Waals surface area (Å²) in [5.74, 6) is -0.460. The number of nitrogens with two attached hydrogens (primary N) is 1. The van der Waals surface area contributed by atoms with E-state index in [0.29, 0.717) is 6.61 Å². The van der Waals surface area contributed by atoms with Crippen molar-refractivity contribution in [1.29, 1.82) is 0 Å². The Morgan fingerprint density at radius 2 is 2.07 bits per heavy atom. The molecule has 0 aliphatic rings. The average Bonchev–Trinajstić information content (AvgIpc) is 2.27. The molecule has 15 heavy (non-hydrogen) atoms. The number of ketones is 1. The number of carbonyl (C=O) groups excluding carboxylic acids is 1. The Bertz CT molecular complexity index is 346. The minimum atomic E-state index is -0.560. The van der Waals surface area contributed by atoms with Crippen LogP contribution in [0.4, 0.5) is 0 Å². The number of carbonyl (C=O) groups is 1. The molecule has 80 valence electrons. The second-order valence-electron chi connectivity index (χ2n) is 2.95. The SMILES string of the molecule is NC(=CC(=O)CO)OCc1ccccc1. The van der Waals surface area contributed by atoms with Gasteiger partial charge in [0.25, 0.3) is 0 Å². The van der Waals surface area contributed by atoms with Crippen LogP contribution in [-0.2, 0) is 16.1 Å². The molecule has 0 spiro atoms. The minimum absolute atomic E-state index is 0.0119. The van der Waals surface area contributed by atoms with E-state index in [1.807, 2.05) is 30.3 Å². The molecule has 1 rings (SSSR count). The highest BCUT2D eigenvalue weighted by molar-refractivity contribution is 5.90. The Hall–Kier alpha value is -1.81. The predicted octanol–water partition coefficient (Wildman–Crippen LogP) is 0.565. The van der Waals surface area contributed by atoms with Crippen molar-refractivity contribution in [2.75, 3.05) is 6.61 Å². The molecule has 0 saturated carbocycles. The van der Waals surface area contributed by atoms with E-state index in [-0.39, 0.29) is 5.88 Å². The van der Waals surface area contributed by atoms with E-state index in [0.717, 1.165) is 11.6 Å². The summed E-state index contributed by atoms with van der Waals surface area (Å²) in [6.07, 6.45) is 1.07. The lowest BCUT2D eigenvalue weighted by Gasteiger charge is -2.05. The summed E-state index contributed by atoms with van der Waals surface area (Å²) >= 11 is 0. The van der Waals surface area contributed by atoms with Crippen LogP contribution in [0.5, 0.6) is 0 Å². The summed E-state index contributed by atoms with van der Waals surface area (Å²) in [5, 5.41) is 8.46. The third-order valence-corrected chi connectivity index (χ3v) is 1.71. The van der Waals surface area contributed by atoms with Crippen LogP contribution in [0.2, 0.25) is 0 Å². The number of hydrogen-bond acceptors (Lipinski definition) is 4. The van der Waals surface area contributed by atoms with Gasteiger partial charge in [-0.05, 0) is 5.56 Å². The number of aliphatic hydroxyl groups excluding tert-OH is 1. The fourth-order valence-electron chi connectivity index (χ4n) is 0.987. The molecule has 1 aromatic rings. The van der Waals surface area contributed by atoms with E-state index in [2.05, 4.69) is 0 Å². The lowest BCUT2D eigenvalue weighted by Crippen LogP contribution is -2.08. The minimum Gasteiger partial charge on any atom is -0.474 e. The van der Waals surface area contributed by atoms with Crippen molar-refractivity contribution in [2.24, 2.45) is 5.73 Å². The Kier molecular flexibility index (Phi) is 4.37. The van der Waals surface area contributed by atoms with Gasteiger partial charge in [0.1, 0.15) is 13.2 Å². The van der Waals surface area contributed by atoms with Gasteiger partial charge in [0, 0.05) is 6.08 Å². The summed E-state index contributed by atoms with van der Waals surface area (Å²) in [6.45, 7) is -0.253. The Morgan fingerprint density at radius 3 is 2.67 bits per heavy atom. The van der Waals surface area contributed by atoms with Crippen LogP contribution < -0.4 is 5.73 Å². The molecule has 0 amide bonds.